The number of nitrogens with zero attached hydrogens (tertiary/aromatic N) is 1. The third-order valence-electron chi connectivity index (χ3n) is 5.20. The quantitative estimate of drug-likeness (QED) is 0.682. The number of nitrogens with one attached hydrogen (secondary N) is 1. The molecule has 0 saturated heterocycles. The molecule has 2 N–H and O–H groups in total. The Morgan fingerprint density at radius 1 is 1.21 bits per heavy atom. The number of phenols is 1. The molecule has 0 aliphatic heterocycles. The molecule has 29 heavy (non-hydrogen) atoms. The highest BCUT2D eigenvalue weighted by atomic mass is 16.5. The molecule has 0 saturated carbocycles. The van der Waals surface area contributed by atoms with Crippen LogP contribution in [0.5, 0.6) is 17.2 Å². The van der Waals surface area contributed by atoms with E-state index in [2.05, 4.69) is 10.5 Å². The number of benzene rings is 2. The molecule has 7 nitrogen and oxygen atoms in total. The van der Waals surface area contributed by atoms with Crippen molar-refractivity contribution in [3.63, 3.8) is 0 Å². The third kappa shape index (κ3) is 3.63. The molecular formula is C22H22N2O5. The van der Waals surface area contributed by atoms with Crippen LogP contribution < -0.4 is 14.8 Å². The van der Waals surface area contributed by atoms with Crippen molar-refractivity contribution in [3.05, 3.63) is 59.3 Å². The van der Waals surface area contributed by atoms with Crippen molar-refractivity contribution < 1.29 is 23.9 Å². The lowest BCUT2D eigenvalue weighted by Gasteiger charge is -2.26. The van der Waals surface area contributed by atoms with Crippen LogP contribution in [0, 0.1) is 0 Å². The van der Waals surface area contributed by atoms with E-state index in [9.17, 15) is 9.90 Å². The minimum Gasteiger partial charge on any atom is -0.508 e. The standard InChI is InChI=1S/C22H22N2O5/c1-27-13-9-10-20(28-2)16(11-13)21-12-18(24-29-21)22(26)23-17-7-3-6-15-14(17)5-4-8-19(15)25/h4-5,8-12,17,25H,3,6-7H2,1-2H3,(H,23,26). The highest BCUT2D eigenvalue weighted by Crippen LogP contribution is 2.36. The Kier molecular flexibility index (Phi) is 5.12. The van der Waals surface area contributed by atoms with Gasteiger partial charge >= 0.3 is 0 Å². The summed E-state index contributed by atoms with van der Waals surface area (Å²) < 4.78 is 16.0. The van der Waals surface area contributed by atoms with Crippen molar-refractivity contribution in [2.24, 2.45) is 0 Å². The Morgan fingerprint density at radius 3 is 2.86 bits per heavy atom. The van der Waals surface area contributed by atoms with Crippen LogP contribution in [0.25, 0.3) is 11.3 Å². The summed E-state index contributed by atoms with van der Waals surface area (Å²) in [4.78, 5) is 12.8. The number of ether oxygens (including phenoxy) is 2. The number of aromatic hydroxyl groups is 1. The van der Waals surface area contributed by atoms with Gasteiger partial charge in [-0.3, -0.25) is 4.79 Å². The monoisotopic (exact) mass is 394 g/mol. The molecular weight excluding hydrogens is 372 g/mol. The smallest absolute Gasteiger partial charge is 0.273 e. The summed E-state index contributed by atoms with van der Waals surface area (Å²) in [6.45, 7) is 0. The number of carbonyl (C=O) groups is 1. The highest BCUT2D eigenvalue weighted by Gasteiger charge is 2.25. The second kappa shape index (κ2) is 7.87. The van der Waals surface area contributed by atoms with E-state index in [1.807, 2.05) is 6.07 Å². The molecule has 7 heteroatoms. The lowest BCUT2D eigenvalue weighted by molar-refractivity contribution is 0.0923. The van der Waals surface area contributed by atoms with Crippen molar-refractivity contribution in [2.75, 3.05) is 14.2 Å². The molecule has 150 valence electrons. The molecule has 1 aliphatic rings. The maximum atomic E-state index is 12.8. The summed E-state index contributed by atoms with van der Waals surface area (Å²) in [5.74, 6) is 1.58. The normalized spacial score (nSPS) is 15.4. The molecule has 1 amide bonds. The molecule has 1 aliphatic carbocycles. The Hall–Kier alpha value is -3.48. The van der Waals surface area contributed by atoms with Crippen molar-refractivity contribution in [1.82, 2.24) is 10.5 Å². The average molecular weight is 394 g/mol. The van der Waals surface area contributed by atoms with Crippen LogP contribution in [0.4, 0.5) is 0 Å². The number of amides is 1. The number of fused-ring (bicyclic) bond motifs is 1. The summed E-state index contributed by atoms with van der Waals surface area (Å²) >= 11 is 0. The van der Waals surface area contributed by atoms with Gasteiger partial charge in [0.1, 0.15) is 17.2 Å². The zero-order valence-electron chi connectivity index (χ0n) is 16.3. The van der Waals surface area contributed by atoms with Gasteiger partial charge in [-0.1, -0.05) is 17.3 Å². The van der Waals surface area contributed by atoms with Crippen LogP contribution in [0.3, 0.4) is 0 Å². The maximum Gasteiger partial charge on any atom is 0.273 e. The topological polar surface area (TPSA) is 93.8 Å². The van der Waals surface area contributed by atoms with Crippen LogP contribution in [0.15, 0.2) is 47.0 Å². The lowest BCUT2D eigenvalue weighted by atomic mass is 9.87. The average Bonchev–Trinajstić information content (AvgIpc) is 3.24. The molecule has 0 bridgehead atoms. The second-order valence-corrected chi connectivity index (χ2v) is 6.91. The number of phenolic OH excluding ortho intramolecular Hbond substituents is 1. The van der Waals surface area contributed by atoms with Gasteiger partial charge in [-0.05, 0) is 54.7 Å². The van der Waals surface area contributed by atoms with Gasteiger partial charge in [-0.25, -0.2) is 0 Å². The lowest BCUT2D eigenvalue weighted by Crippen LogP contribution is -2.31. The number of hydrogen-bond acceptors (Lipinski definition) is 6. The Labute approximate surface area is 168 Å². The first-order valence-corrected chi connectivity index (χ1v) is 9.41. The predicted octanol–water partition coefficient (Wildman–Crippen LogP) is 3.87. The van der Waals surface area contributed by atoms with Crippen molar-refractivity contribution >= 4 is 5.91 Å². The molecule has 1 unspecified atom stereocenters. The number of hydrogen-bond donors (Lipinski definition) is 2. The Morgan fingerprint density at radius 2 is 2.07 bits per heavy atom. The van der Waals surface area contributed by atoms with E-state index >= 15 is 0 Å². The van der Waals surface area contributed by atoms with Crippen LogP contribution in [0.2, 0.25) is 0 Å². The summed E-state index contributed by atoms with van der Waals surface area (Å²) in [7, 11) is 3.13. The fraction of sp³-hybridized carbons (Fsp3) is 0.273. The van der Waals surface area contributed by atoms with Crippen LogP contribution >= 0.6 is 0 Å². The summed E-state index contributed by atoms with van der Waals surface area (Å²) in [6.07, 6.45) is 2.50. The van der Waals surface area contributed by atoms with Gasteiger partial charge in [-0.15, -0.1) is 0 Å². The Balaban J connectivity index is 1.57. The van der Waals surface area contributed by atoms with Crippen molar-refractivity contribution in [1.29, 1.82) is 0 Å². The Bertz CT molecular complexity index is 1040. The molecule has 3 aromatic rings. The molecule has 2 aromatic carbocycles. The first-order chi connectivity index (χ1) is 14.1. The minimum absolute atomic E-state index is 0.176. The van der Waals surface area contributed by atoms with Gasteiger partial charge in [0.25, 0.3) is 5.91 Å². The fourth-order valence-corrected chi connectivity index (χ4v) is 3.73. The largest absolute Gasteiger partial charge is 0.508 e. The van der Waals surface area contributed by atoms with E-state index in [-0.39, 0.29) is 23.4 Å². The van der Waals surface area contributed by atoms with E-state index in [0.29, 0.717) is 22.8 Å². The number of methoxy groups -OCH3 is 2. The SMILES string of the molecule is COc1ccc(OC)c(-c2cc(C(=O)NC3CCCc4c(O)cccc43)no2)c1. The van der Waals surface area contributed by atoms with Crippen LogP contribution in [-0.4, -0.2) is 30.4 Å². The second-order valence-electron chi connectivity index (χ2n) is 6.91. The van der Waals surface area contributed by atoms with E-state index in [4.69, 9.17) is 14.0 Å². The minimum atomic E-state index is -0.331. The van der Waals surface area contributed by atoms with E-state index < -0.39 is 0 Å². The van der Waals surface area contributed by atoms with Gasteiger partial charge in [0, 0.05) is 6.07 Å². The van der Waals surface area contributed by atoms with Crippen molar-refractivity contribution in [3.8, 4) is 28.6 Å². The van der Waals surface area contributed by atoms with Gasteiger partial charge in [0.2, 0.25) is 0 Å². The zero-order valence-corrected chi connectivity index (χ0v) is 16.3. The van der Waals surface area contributed by atoms with Crippen molar-refractivity contribution in [2.45, 2.75) is 25.3 Å². The zero-order chi connectivity index (χ0) is 20.4. The number of aromatic nitrogens is 1. The number of carbonyl (C=O) groups excluding carboxylic acids is 1. The number of rotatable bonds is 5. The maximum absolute atomic E-state index is 12.8. The molecule has 1 atom stereocenters. The molecule has 0 fully saturated rings. The van der Waals surface area contributed by atoms with Crippen LogP contribution in [-0.2, 0) is 6.42 Å². The fourth-order valence-electron chi connectivity index (χ4n) is 3.73. The van der Waals surface area contributed by atoms with Gasteiger partial charge < -0.3 is 24.4 Å². The summed E-state index contributed by atoms with van der Waals surface area (Å²) in [5.41, 5.74) is 2.66. The first-order valence-electron chi connectivity index (χ1n) is 9.41. The first kappa shape index (κ1) is 18.9. The molecule has 1 aromatic heterocycles. The van der Waals surface area contributed by atoms with E-state index in [1.54, 1.807) is 50.6 Å². The van der Waals surface area contributed by atoms with Gasteiger partial charge in [0.15, 0.2) is 11.5 Å². The molecule has 1 heterocycles. The highest BCUT2D eigenvalue weighted by molar-refractivity contribution is 5.93. The van der Waals surface area contributed by atoms with Gasteiger partial charge in [-0.2, -0.15) is 0 Å². The molecule has 0 spiro atoms. The van der Waals surface area contributed by atoms with E-state index in [1.165, 1.54) is 0 Å². The third-order valence-corrected chi connectivity index (χ3v) is 5.20. The summed E-state index contributed by atoms with van der Waals surface area (Å²) in [6, 6.07) is 12.1. The predicted molar refractivity (Wildman–Crippen MR) is 106 cm³/mol. The summed E-state index contributed by atoms with van der Waals surface area (Å²) in [5, 5.41) is 17.0. The van der Waals surface area contributed by atoms with Crippen LogP contribution in [0.1, 0.15) is 40.5 Å². The molecule has 4 rings (SSSR count). The molecule has 0 radical (unpaired) electrons. The van der Waals surface area contributed by atoms with Gasteiger partial charge in [0.05, 0.1) is 25.8 Å². The van der Waals surface area contributed by atoms with E-state index in [0.717, 1.165) is 30.4 Å².